The highest BCUT2D eigenvalue weighted by atomic mass is 16.5. The molecule has 0 radical (unpaired) electrons. The highest BCUT2D eigenvalue weighted by Gasteiger charge is 2.24. The summed E-state index contributed by atoms with van der Waals surface area (Å²) >= 11 is 0. The number of aromatic nitrogens is 1. The molecule has 0 saturated heterocycles. The number of amides is 1. The number of anilines is 1. The second-order valence-corrected chi connectivity index (χ2v) is 6.47. The summed E-state index contributed by atoms with van der Waals surface area (Å²) in [6.45, 7) is 2.34. The van der Waals surface area contributed by atoms with Gasteiger partial charge in [-0.05, 0) is 24.6 Å². The van der Waals surface area contributed by atoms with E-state index in [2.05, 4.69) is 5.32 Å². The SMILES string of the molecule is COC(=O)c1c(N)c(C#N)cn1-c1ccccc1C(=O)NCc1cccc(C)c1. The number of nitrogens with one attached hydrogen (secondary N) is 1. The molecular weight excluding hydrogens is 368 g/mol. The van der Waals surface area contributed by atoms with Crippen LogP contribution in [-0.2, 0) is 11.3 Å². The molecule has 0 bridgehead atoms. The predicted octanol–water partition coefficient (Wildman–Crippen LogP) is 2.96. The average molecular weight is 388 g/mol. The van der Waals surface area contributed by atoms with Crippen molar-refractivity contribution in [1.82, 2.24) is 9.88 Å². The van der Waals surface area contributed by atoms with Gasteiger partial charge in [0.05, 0.1) is 29.6 Å². The van der Waals surface area contributed by atoms with E-state index in [0.717, 1.165) is 11.1 Å². The third-order valence-corrected chi connectivity index (χ3v) is 4.49. The number of hydrogen-bond donors (Lipinski definition) is 2. The van der Waals surface area contributed by atoms with Gasteiger partial charge in [-0.3, -0.25) is 4.79 Å². The lowest BCUT2D eigenvalue weighted by Crippen LogP contribution is -2.24. The van der Waals surface area contributed by atoms with Gasteiger partial charge >= 0.3 is 5.97 Å². The molecule has 0 unspecified atom stereocenters. The zero-order valence-corrected chi connectivity index (χ0v) is 16.1. The van der Waals surface area contributed by atoms with E-state index in [0.29, 0.717) is 17.8 Å². The van der Waals surface area contributed by atoms with Crippen LogP contribution in [0.3, 0.4) is 0 Å². The van der Waals surface area contributed by atoms with Crippen LogP contribution in [0, 0.1) is 18.3 Å². The van der Waals surface area contributed by atoms with Crippen LogP contribution in [0.4, 0.5) is 5.69 Å². The third kappa shape index (κ3) is 3.96. The van der Waals surface area contributed by atoms with E-state index in [1.54, 1.807) is 24.3 Å². The summed E-state index contributed by atoms with van der Waals surface area (Å²) in [7, 11) is 1.23. The molecule has 3 aromatic rings. The number of hydrogen-bond acceptors (Lipinski definition) is 5. The molecule has 0 aliphatic heterocycles. The van der Waals surface area contributed by atoms with Gasteiger partial charge in [-0.1, -0.05) is 42.0 Å². The lowest BCUT2D eigenvalue weighted by atomic mass is 10.1. The zero-order chi connectivity index (χ0) is 21.0. The number of nitrogens with zero attached hydrogens (tertiary/aromatic N) is 2. The molecule has 0 aliphatic rings. The number of nitrogen functional groups attached to an aromatic ring is 1. The van der Waals surface area contributed by atoms with Gasteiger partial charge in [0.15, 0.2) is 5.69 Å². The Kier molecular flexibility index (Phi) is 5.65. The number of carbonyl (C=O) groups excluding carboxylic acids is 2. The molecule has 29 heavy (non-hydrogen) atoms. The van der Waals surface area contributed by atoms with E-state index in [1.165, 1.54) is 17.9 Å². The van der Waals surface area contributed by atoms with Crippen LogP contribution in [0.5, 0.6) is 0 Å². The Hall–Kier alpha value is -4.05. The van der Waals surface area contributed by atoms with Crippen molar-refractivity contribution in [3.05, 3.63) is 82.7 Å². The van der Waals surface area contributed by atoms with Crippen molar-refractivity contribution in [2.45, 2.75) is 13.5 Å². The van der Waals surface area contributed by atoms with Crippen LogP contribution >= 0.6 is 0 Å². The fourth-order valence-corrected chi connectivity index (χ4v) is 3.08. The first-order valence-corrected chi connectivity index (χ1v) is 8.88. The van der Waals surface area contributed by atoms with E-state index >= 15 is 0 Å². The maximum absolute atomic E-state index is 12.9. The molecule has 3 rings (SSSR count). The topological polar surface area (TPSA) is 110 Å². The van der Waals surface area contributed by atoms with E-state index in [-0.39, 0.29) is 22.9 Å². The van der Waals surface area contributed by atoms with Crippen LogP contribution in [0.1, 0.15) is 37.5 Å². The summed E-state index contributed by atoms with van der Waals surface area (Å²) in [6.07, 6.45) is 1.42. The van der Waals surface area contributed by atoms with E-state index in [4.69, 9.17) is 10.5 Å². The van der Waals surface area contributed by atoms with Gasteiger partial charge in [0.25, 0.3) is 5.91 Å². The normalized spacial score (nSPS) is 10.2. The number of rotatable bonds is 5. The highest BCUT2D eigenvalue weighted by Crippen LogP contribution is 2.26. The molecule has 0 saturated carbocycles. The Balaban J connectivity index is 1.99. The van der Waals surface area contributed by atoms with Crippen molar-refractivity contribution in [3.8, 4) is 11.8 Å². The molecule has 7 nitrogen and oxygen atoms in total. The Morgan fingerprint density at radius 1 is 1.21 bits per heavy atom. The molecule has 1 aromatic heterocycles. The second kappa shape index (κ2) is 8.31. The van der Waals surface area contributed by atoms with Crippen molar-refractivity contribution in [1.29, 1.82) is 5.26 Å². The number of methoxy groups -OCH3 is 1. The first kappa shape index (κ1) is 19.7. The van der Waals surface area contributed by atoms with E-state index in [1.807, 2.05) is 37.3 Å². The average Bonchev–Trinajstić information content (AvgIpc) is 3.07. The van der Waals surface area contributed by atoms with E-state index in [9.17, 15) is 14.9 Å². The number of nitriles is 1. The molecule has 0 atom stereocenters. The standard InChI is InChI=1S/C22H20N4O3/c1-14-6-5-7-15(10-14)12-25-21(27)17-8-3-4-9-18(17)26-13-16(11-23)19(24)20(26)22(28)29-2/h3-10,13H,12,24H2,1-2H3,(H,25,27). The van der Waals surface area contributed by atoms with Crippen LogP contribution in [-0.4, -0.2) is 23.6 Å². The molecule has 1 amide bonds. The Labute approximate surface area is 168 Å². The summed E-state index contributed by atoms with van der Waals surface area (Å²) in [5.74, 6) is -1.01. The molecule has 7 heteroatoms. The van der Waals surface area contributed by atoms with Crippen LogP contribution < -0.4 is 11.1 Å². The number of nitrogens with two attached hydrogens (primary N) is 1. The van der Waals surface area contributed by atoms with Gasteiger partial charge in [-0.15, -0.1) is 0 Å². The summed E-state index contributed by atoms with van der Waals surface area (Å²) in [5, 5.41) is 12.2. The minimum absolute atomic E-state index is 0.00276. The van der Waals surface area contributed by atoms with Gasteiger partial charge in [-0.25, -0.2) is 4.79 Å². The third-order valence-electron chi connectivity index (χ3n) is 4.49. The van der Waals surface area contributed by atoms with Crippen LogP contribution in [0.15, 0.2) is 54.7 Å². The maximum atomic E-state index is 12.9. The minimum Gasteiger partial charge on any atom is -0.464 e. The number of para-hydroxylation sites is 1. The summed E-state index contributed by atoms with van der Waals surface area (Å²) in [5.41, 5.74) is 8.93. The zero-order valence-electron chi connectivity index (χ0n) is 16.1. The van der Waals surface area contributed by atoms with E-state index < -0.39 is 5.97 Å². The Bertz CT molecular complexity index is 1130. The molecular formula is C22H20N4O3. The summed E-state index contributed by atoms with van der Waals surface area (Å²) in [4.78, 5) is 25.1. The van der Waals surface area contributed by atoms with Crippen LogP contribution in [0.25, 0.3) is 5.69 Å². The van der Waals surface area contributed by atoms with Crippen molar-refractivity contribution >= 4 is 17.6 Å². The van der Waals surface area contributed by atoms with Crippen molar-refractivity contribution in [2.75, 3.05) is 12.8 Å². The van der Waals surface area contributed by atoms with Gasteiger partial charge < -0.3 is 20.4 Å². The van der Waals surface area contributed by atoms with Gasteiger partial charge in [0.2, 0.25) is 0 Å². The monoisotopic (exact) mass is 388 g/mol. The minimum atomic E-state index is -0.695. The summed E-state index contributed by atoms with van der Waals surface area (Å²) < 4.78 is 6.22. The highest BCUT2D eigenvalue weighted by molar-refractivity contribution is 6.00. The molecule has 3 N–H and O–H groups in total. The fraction of sp³-hybridized carbons (Fsp3) is 0.136. The number of ether oxygens (including phenoxy) is 1. The molecule has 0 fully saturated rings. The first-order valence-electron chi connectivity index (χ1n) is 8.88. The summed E-state index contributed by atoms with van der Waals surface area (Å²) in [6, 6.07) is 16.6. The Morgan fingerprint density at radius 3 is 2.66 bits per heavy atom. The van der Waals surface area contributed by atoms with Crippen molar-refractivity contribution in [2.24, 2.45) is 0 Å². The van der Waals surface area contributed by atoms with Crippen molar-refractivity contribution in [3.63, 3.8) is 0 Å². The smallest absolute Gasteiger partial charge is 0.357 e. The van der Waals surface area contributed by atoms with Gasteiger partial charge in [0, 0.05) is 12.7 Å². The van der Waals surface area contributed by atoms with Gasteiger partial charge in [-0.2, -0.15) is 5.26 Å². The van der Waals surface area contributed by atoms with Gasteiger partial charge in [0.1, 0.15) is 6.07 Å². The Morgan fingerprint density at radius 2 is 1.97 bits per heavy atom. The molecule has 2 aromatic carbocycles. The van der Waals surface area contributed by atoms with Crippen LogP contribution in [0.2, 0.25) is 0 Å². The van der Waals surface area contributed by atoms with Crippen molar-refractivity contribution < 1.29 is 14.3 Å². The maximum Gasteiger partial charge on any atom is 0.357 e. The first-order chi connectivity index (χ1) is 14.0. The fourth-order valence-electron chi connectivity index (χ4n) is 3.08. The molecule has 0 aliphatic carbocycles. The predicted molar refractivity (Wildman–Crippen MR) is 109 cm³/mol. The number of benzene rings is 2. The number of carbonyl (C=O) groups is 2. The molecule has 1 heterocycles. The molecule has 0 spiro atoms. The second-order valence-electron chi connectivity index (χ2n) is 6.47. The lowest BCUT2D eigenvalue weighted by Gasteiger charge is -2.14. The lowest BCUT2D eigenvalue weighted by molar-refractivity contribution is 0.0592. The number of esters is 1. The quantitative estimate of drug-likeness (QED) is 0.653. The number of aryl methyl sites for hydroxylation is 1. The molecule has 146 valence electrons. The largest absolute Gasteiger partial charge is 0.464 e.